The van der Waals surface area contributed by atoms with E-state index in [9.17, 15) is 4.79 Å². The van der Waals surface area contributed by atoms with Crippen LogP contribution in [0.5, 0.6) is 0 Å². The van der Waals surface area contributed by atoms with E-state index in [1.54, 1.807) is 0 Å². The molecule has 14 heavy (non-hydrogen) atoms. The Labute approximate surface area is 93.5 Å². The van der Waals surface area contributed by atoms with Gasteiger partial charge in [0.2, 0.25) is 4.84 Å². The summed E-state index contributed by atoms with van der Waals surface area (Å²) in [5.41, 5.74) is 0. The zero-order chi connectivity index (χ0) is 11.4. The Morgan fingerprint density at radius 3 is 1.43 bits per heavy atom. The second-order valence-electron chi connectivity index (χ2n) is 2.50. The zero-order valence-electron chi connectivity index (χ0n) is 7.83. The van der Waals surface area contributed by atoms with E-state index < -0.39 is 10.8 Å². The number of aliphatic hydroxyl groups excluding tert-OH is 2. The number of halogens is 2. The Balaban J connectivity index is 0. The molecule has 3 N–H and O–H groups in total. The molecule has 0 aromatic rings. The molecule has 0 spiro atoms. The van der Waals surface area contributed by atoms with Crippen LogP contribution in [-0.2, 0) is 4.79 Å². The van der Waals surface area contributed by atoms with E-state index >= 15 is 0 Å². The number of hydrogen-bond donors (Lipinski definition) is 3. The molecule has 0 aliphatic heterocycles. The number of carbonyl (C=O) groups is 1. The van der Waals surface area contributed by atoms with Crippen molar-refractivity contribution in [1.29, 1.82) is 0 Å². The van der Waals surface area contributed by atoms with Crippen LogP contribution in [0.4, 0.5) is 0 Å². The summed E-state index contributed by atoms with van der Waals surface area (Å²) in [5, 5.41) is 24.3. The van der Waals surface area contributed by atoms with Gasteiger partial charge in [-0.25, -0.2) is 4.79 Å². The molecule has 0 unspecified atom stereocenters. The Morgan fingerprint density at radius 1 is 1.00 bits per heavy atom. The summed E-state index contributed by atoms with van der Waals surface area (Å²) in [6, 6.07) is 0. The van der Waals surface area contributed by atoms with Crippen LogP contribution in [0.3, 0.4) is 0 Å². The van der Waals surface area contributed by atoms with E-state index in [0.717, 1.165) is 25.7 Å². The summed E-state index contributed by atoms with van der Waals surface area (Å²) in [7, 11) is 0. The fraction of sp³-hybridized carbons (Fsp3) is 0.875. The molecule has 0 aromatic heterocycles. The van der Waals surface area contributed by atoms with Crippen LogP contribution < -0.4 is 0 Å². The van der Waals surface area contributed by atoms with Gasteiger partial charge in [0.1, 0.15) is 0 Å². The van der Waals surface area contributed by atoms with Crippen molar-refractivity contribution < 1.29 is 20.1 Å². The third-order valence-electron chi connectivity index (χ3n) is 1.25. The van der Waals surface area contributed by atoms with Crippen molar-refractivity contribution in [2.24, 2.45) is 0 Å². The zero-order valence-corrected chi connectivity index (χ0v) is 9.34. The monoisotopic (exact) mass is 246 g/mol. The number of carboxylic acids is 1. The Morgan fingerprint density at radius 2 is 1.29 bits per heavy atom. The standard InChI is InChI=1S/C6H14O2.C2H2Cl2O2/c7-5-3-1-2-4-6-8;3-1(4)2(5)6/h7-8H,1-6H2;1H,(H,5,6). The molecule has 0 bridgehead atoms. The predicted molar refractivity (Wildman–Crippen MR) is 55.8 cm³/mol. The summed E-state index contributed by atoms with van der Waals surface area (Å²) < 4.78 is 0. The highest BCUT2D eigenvalue weighted by molar-refractivity contribution is 6.52. The first-order valence-electron chi connectivity index (χ1n) is 4.29. The number of unbranched alkanes of at least 4 members (excludes halogenated alkanes) is 3. The van der Waals surface area contributed by atoms with Crippen molar-refractivity contribution >= 4 is 29.2 Å². The highest BCUT2D eigenvalue weighted by atomic mass is 35.5. The summed E-state index contributed by atoms with van der Waals surface area (Å²) in [6.45, 7) is 0.566. The highest BCUT2D eigenvalue weighted by Crippen LogP contribution is 1.98. The molecule has 0 amide bonds. The Bertz CT molecular complexity index is 125. The van der Waals surface area contributed by atoms with Gasteiger partial charge < -0.3 is 15.3 Å². The van der Waals surface area contributed by atoms with Crippen molar-refractivity contribution in [2.75, 3.05) is 13.2 Å². The van der Waals surface area contributed by atoms with Gasteiger partial charge in [0, 0.05) is 13.2 Å². The number of carboxylic acid groups (broad SMARTS) is 1. The minimum atomic E-state index is -1.29. The molecule has 0 radical (unpaired) electrons. The molecule has 0 rings (SSSR count). The maximum Gasteiger partial charge on any atom is 0.337 e. The predicted octanol–water partition coefficient (Wildman–Crippen LogP) is 1.41. The second kappa shape index (κ2) is 13.0. The molecule has 0 aliphatic rings. The van der Waals surface area contributed by atoms with Crippen LogP contribution in [0.25, 0.3) is 0 Å². The van der Waals surface area contributed by atoms with Crippen LogP contribution in [-0.4, -0.2) is 39.3 Å². The third kappa shape index (κ3) is 17.9. The normalized spacial score (nSPS) is 9.50. The van der Waals surface area contributed by atoms with E-state index in [1.165, 1.54) is 0 Å². The first kappa shape index (κ1) is 16.4. The van der Waals surface area contributed by atoms with Gasteiger partial charge >= 0.3 is 5.97 Å². The number of aliphatic hydroxyl groups is 2. The lowest BCUT2D eigenvalue weighted by Gasteiger charge is -1.93. The molecular formula is C8H16Cl2O4. The minimum Gasteiger partial charge on any atom is -0.479 e. The first-order valence-corrected chi connectivity index (χ1v) is 5.16. The number of hydrogen-bond acceptors (Lipinski definition) is 3. The molecule has 86 valence electrons. The van der Waals surface area contributed by atoms with Crippen molar-refractivity contribution in [1.82, 2.24) is 0 Å². The molecule has 6 heteroatoms. The fourth-order valence-corrected chi connectivity index (χ4v) is 0.577. The van der Waals surface area contributed by atoms with Gasteiger partial charge in [-0.1, -0.05) is 36.0 Å². The average Bonchev–Trinajstić information content (AvgIpc) is 2.13. The maximum absolute atomic E-state index is 9.44. The maximum atomic E-state index is 9.44. The Hall–Kier alpha value is -0.0300. The quantitative estimate of drug-likeness (QED) is 0.489. The highest BCUT2D eigenvalue weighted by Gasteiger charge is 2.05. The molecule has 0 saturated carbocycles. The molecule has 0 atom stereocenters. The van der Waals surface area contributed by atoms with Crippen molar-refractivity contribution in [3.05, 3.63) is 0 Å². The van der Waals surface area contributed by atoms with Gasteiger partial charge in [-0.05, 0) is 12.8 Å². The van der Waals surface area contributed by atoms with E-state index in [2.05, 4.69) is 0 Å². The minimum absolute atomic E-state index is 0.283. The smallest absolute Gasteiger partial charge is 0.337 e. The largest absolute Gasteiger partial charge is 0.479 e. The summed E-state index contributed by atoms with van der Waals surface area (Å²) in [4.78, 5) is 8.15. The molecular weight excluding hydrogens is 231 g/mol. The van der Waals surface area contributed by atoms with E-state index in [1.807, 2.05) is 0 Å². The van der Waals surface area contributed by atoms with Crippen molar-refractivity contribution in [2.45, 2.75) is 30.5 Å². The van der Waals surface area contributed by atoms with E-state index in [4.69, 9.17) is 38.5 Å². The molecule has 4 nitrogen and oxygen atoms in total. The van der Waals surface area contributed by atoms with Crippen LogP contribution in [0.15, 0.2) is 0 Å². The van der Waals surface area contributed by atoms with Gasteiger partial charge in [0.15, 0.2) is 0 Å². The topological polar surface area (TPSA) is 77.8 Å². The van der Waals surface area contributed by atoms with Gasteiger partial charge in [0.05, 0.1) is 0 Å². The van der Waals surface area contributed by atoms with Gasteiger partial charge in [-0.2, -0.15) is 0 Å². The lowest BCUT2D eigenvalue weighted by molar-refractivity contribution is -0.135. The van der Waals surface area contributed by atoms with Crippen LogP contribution >= 0.6 is 23.2 Å². The van der Waals surface area contributed by atoms with Gasteiger partial charge in [-0.3, -0.25) is 0 Å². The second-order valence-corrected chi connectivity index (χ2v) is 3.60. The Kier molecular flexibility index (Phi) is 15.2. The van der Waals surface area contributed by atoms with Crippen LogP contribution in [0, 0.1) is 0 Å². The molecule has 0 saturated heterocycles. The lowest BCUT2D eigenvalue weighted by Crippen LogP contribution is -2.03. The van der Waals surface area contributed by atoms with Crippen molar-refractivity contribution in [3.63, 3.8) is 0 Å². The van der Waals surface area contributed by atoms with E-state index in [0.29, 0.717) is 0 Å². The number of rotatable bonds is 6. The molecule has 0 aromatic carbocycles. The fourth-order valence-electron chi connectivity index (χ4n) is 0.577. The first-order chi connectivity index (χ1) is 6.56. The third-order valence-corrected chi connectivity index (χ3v) is 1.63. The van der Waals surface area contributed by atoms with Crippen molar-refractivity contribution in [3.8, 4) is 0 Å². The van der Waals surface area contributed by atoms with E-state index in [-0.39, 0.29) is 13.2 Å². The summed E-state index contributed by atoms with van der Waals surface area (Å²) in [5.74, 6) is -1.21. The van der Waals surface area contributed by atoms with Crippen LogP contribution in [0.1, 0.15) is 25.7 Å². The summed E-state index contributed by atoms with van der Waals surface area (Å²) >= 11 is 9.56. The number of alkyl halides is 2. The molecule has 0 fully saturated rings. The number of aliphatic carboxylic acids is 1. The average molecular weight is 247 g/mol. The summed E-state index contributed by atoms with van der Waals surface area (Å²) in [6.07, 6.45) is 3.83. The lowest BCUT2D eigenvalue weighted by atomic mass is 10.2. The molecule has 0 aliphatic carbocycles. The van der Waals surface area contributed by atoms with Gasteiger partial charge in [-0.15, -0.1) is 0 Å². The molecule has 0 heterocycles. The SMILES string of the molecule is O=C(O)C(Cl)Cl.OCCCCCCO. The van der Waals surface area contributed by atoms with Crippen LogP contribution in [0.2, 0.25) is 0 Å². The van der Waals surface area contributed by atoms with Gasteiger partial charge in [0.25, 0.3) is 0 Å².